The quantitative estimate of drug-likeness (QED) is 0.588. The summed E-state index contributed by atoms with van der Waals surface area (Å²) in [5.74, 6) is 0.461. The van der Waals surface area contributed by atoms with Gasteiger partial charge in [-0.1, -0.05) is 20.3 Å². The molecule has 0 aromatic heterocycles. The monoisotopic (exact) mass is 325 g/mol. The van der Waals surface area contributed by atoms with Crippen molar-refractivity contribution >= 4 is 23.6 Å². The second kappa shape index (κ2) is 9.35. The van der Waals surface area contributed by atoms with E-state index in [0.29, 0.717) is 0 Å². The van der Waals surface area contributed by atoms with E-state index < -0.39 is 12.0 Å². The number of ether oxygens (including phenoxy) is 2. The third kappa shape index (κ3) is 5.60. The van der Waals surface area contributed by atoms with Crippen molar-refractivity contribution in [2.24, 2.45) is 5.92 Å². The first kappa shape index (κ1) is 18.4. The summed E-state index contributed by atoms with van der Waals surface area (Å²) < 4.78 is 9.84. The fourth-order valence-corrected chi connectivity index (χ4v) is 2.54. The van der Waals surface area contributed by atoms with Crippen LogP contribution in [0.15, 0.2) is 29.2 Å². The van der Waals surface area contributed by atoms with Gasteiger partial charge < -0.3 is 14.8 Å². The summed E-state index contributed by atoms with van der Waals surface area (Å²) in [6.45, 7) is 3.89. The zero-order chi connectivity index (χ0) is 16.5. The van der Waals surface area contributed by atoms with Crippen molar-refractivity contribution in [1.29, 1.82) is 0 Å². The Morgan fingerprint density at radius 2 is 1.86 bits per heavy atom. The van der Waals surface area contributed by atoms with Crippen LogP contribution in [0.25, 0.3) is 0 Å². The summed E-state index contributed by atoms with van der Waals surface area (Å²) in [7, 11) is 2.94. The van der Waals surface area contributed by atoms with Gasteiger partial charge in [0.1, 0.15) is 11.8 Å². The van der Waals surface area contributed by atoms with Crippen LogP contribution in [0.5, 0.6) is 5.75 Å². The van der Waals surface area contributed by atoms with Crippen LogP contribution in [0.4, 0.5) is 0 Å². The van der Waals surface area contributed by atoms with Gasteiger partial charge in [0, 0.05) is 4.90 Å². The lowest BCUT2D eigenvalue weighted by Crippen LogP contribution is -2.46. The van der Waals surface area contributed by atoms with Crippen molar-refractivity contribution in [1.82, 2.24) is 5.32 Å². The molecular formula is C16H23NO4S. The molecule has 22 heavy (non-hydrogen) atoms. The fourth-order valence-electron chi connectivity index (χ4n) is 1.83. The minimum Gasteiger partial charge on any atom is -0.497 e. The molecule has 0 unspecified atom stereocenters. The van der Waals surface area contributed by atoms with Gasteiger partial charge in [-0.2, -0.15) is 0 Å². The van der Waals surface area contributed by atoms with Crippen molar-refractivity contribution in [2.45, 2.75) is 31.2 Å². The number of methoxy groups -OCH3 is 2. The first-order chi connectivity index (χ1) is 10.5. The van der Waals surface area contributed by atoms with Crippen molar-refractivity contribution in [3.63, 3.8) is 0 Å². The van der Waals surface area contributed by atoms with Crippen LogP contribution >= 0.6 is 11.8 Å². The summed E-state index contributed by atoms with van der Waals surface area (Å²) in [5, 5.41) is 2.75. The van der Waals surface area contributed by atoms with Crippen LogP contribution in [-0.2, 0) is 14.3 Å². The number of amides is 1. The van der Waals surface area contributed by atoms with Gasteiger partial charge in [-0.25, -0.2) is 4.79 Å². The molecule has 0 saturated carbocycles. The van der Waals surface area contributed by atoms with E-state index in [0.717, 1.165) is 17.1 Å². The smallest absolute Gasteiger partial charge is 0.328 e. The first-order valence-electron chi connectivity index (χ1n) is 7.15. The van der Waals surface area contributed by atoms with Gasteiger partial charge >= 0.3 is 5.97 Å². The molecule has 0 saturated heterocycles. The van der Waals surface area contributed by atoms with Crippen LogP contribution in [-0.4, -0.2) is 37.9 Å². The Balaban J connectivity index is 2.54. The highest BCUT2D eigenvalue weighted by Gasteiger charge is 2.26. The topological polar surface area (TPSA) is 64.6 Å². The largest absolute Gasteiger partial charge is 0.497 e. The predicted octanol–water partition coefficient (Wildman–Crippen LogP) is 2.49. The maximum Gasteiger partial charge on any atom is 0.328 e. The Hall–Kier alpha value is -1.69. The Morgan fingerprint density at radius 3 is 2.36 bits per heavy atom. The van der Waals surface area contributed by atoms with Gasteiger partial charge in [-0.05, 0) is 30.2 Å². The molecule has 0 aliphatic rings. The van der Waals surface area contributed by atoms with Crippen molar-refractivity contribution in [3.8, 4) is 5.75 Å². The van der Waals surface area contributed by atoms with Crippen molar-refractivity contribution < 1.29 is 19.1 Å². The minimum atomic E-state index is -0.598. The van der Waals surface area contributed by atoms with Crippen LogP contribution < -0.4 is 10.1 Å². The third-order valence-electron chi connectivity index (χ3n) is 3.41. The lowest BCUT2D eigenvalue weighted by molar-refractivity contribution is -0.146. The summed E-state index contributed by atoms with van der Waals surface area (Å²) >= 11 is 1.41. The van der Waals surface area contributed by atoms with E-state index >= 15 is 0 Å². The molecular weight excluding hydrogens is 302 g/mol. The molecule has 1 rings (SSSR count). The zero-order valence-electron chi connectivity index (χ0n) is 13.4. The number of hydrogen-bond donors (Lipinski definition) is 1. The van der Waals surface area contributed by atoms with E-state index in [9.17, 15) is 9.59 Å². The second-order valence-electron chi connectivity index (χ2n) is 4.92. The van der Waals surface area contributed by atoms with Crippen LogP contribution in [0.1, 0.15) is 20.3 Å². The SMILES string of the molecule is CC[C@H](C)[C@@H](NC(=O)CSc1ccc(OC)cc1)C(=O)OC. The summed E-state index contributed by atoms with van der Waals surface area (Å²) in [5.41, 5.74) is 0. The molecule has 0 radical (unpaired) electrons. The van der Waals surface area contributed by atoms with Crippen LogP contribution in [0, 0.1) is 5.92 Å². The lowest BCUT2D eigenvalue weighted by atomic mass is 9.99. The Kier molecular flexibility index (Phi) is 7.80. The highest BCUT2D eigenvalue weighted by atomic mass is 32.2. The van der Waals surface area contributed by atoms with Gasteiger partial charge in [-0.15, -0.1) is 11.8 Å². The third-order valence-corrected chi connectivity index (χ3v) is 4.43. The molecule has 0 spiro atoms. The zero-order valence-corrected chi connectivity index (χ0v) is 14.2. The predicted molar refractivity (Wildman–Crippen MR) is 87.1 cm³/mol. The molecule has 1 amide bonds. The summed E-state index contributed by atoms with van der Waals surface area (Å²) in [4.78, 5) is 24.7. The Labute approximate surface area is 135 Å². The average molecular weight is 325 g/mol. The highest BCUT2D eigenvalue weighted by molar-refractivity contribution is 8.00. The van der Waals surface area contributed by atoms with Crippen LogP contribution in [0.2, 0.25) is 0 Å². The lowest BCUT2D eigenvalue weighted by Gasteiger charge is -2.21. The minimum absolute atomic E-state index is 0.0300. The fraction of sp³-hybridized carbons (Fsp3) is 0.500. The number of hydrogen-bond acceptors (Lipinski definition) is 5. The standard InChI is InChI=1S/C16H23NO4S/c1-5-11(2)15(16(19)21-4)17-14(18)10-22-13-8-6-12(20-3)7-9-13/h6-9,11,15H,5,10H2,1-4H3,(H,17,18)/t11-,15+/m0/s1. The number of esters is 1. The molecule has 1 aromatic rings. The summed E-state index contributed by atoms with van der Waals surface area (Å²) in [6, 6.07) is 6.87. The maximum atomic E-state index is 12.0. The van der Waals surface area contributed by atoms with E-state index in [1.165, 1.54) is 18.9 Å². The highest BCUT2D eigenvalue weighted by Crippen LogP contribution is 2.21. The number of thioether (sulfide) groups is 1. The number of benzene rings is 1. The molecule has 0 heterocycles. The molecule has 1 aromatic carbocycles. The summed E-state index contributed by atoms with van der Waals surface area (Å²) in [6.07, 6.45) is 0.783. The van der Waals surface area contributed by atoms with Crippen molar-refractivity contribution in [3.05, 3.63) is 24.3 Å². The molecule has 0 aliphatic carbocycles. The molecule has 122 valence electrons. The Bertz CT molecular complexity index is 489. The van der Waals surface area contributed by atoms with Gasteiger partial charge in [-0.3, -0.25) is 4.79 Å². The normalized spacial score (nSPS) is 13.1. The van der Waals surface area contributed by atoms with Crippen molar-refractivity contribution in [2.75, 3.05) is 20.0 Å². The van der Waals surface area contributed by atoms with E-state index in [1.54, 1.807) is 7.11 Å². The van der Waals surface area contributed by atoms with Gasteiger partial charge in [0.15, 0.2) is 0 Å². The second-order valence-corrected chi connectivity index (χ2v) is 5.97. The van der Waals surface area contributed by atoms with E-state index in [2.05, 4.69) is 5.32 Å². The van der Waals surface area contributed by atoms with Gasteiger partial charge in [0.25, 0.3) is 0 Å². The van der Waals surface area contributed by atoms with E-state index in [4.69, 9.17) is 9.47 Å². The molecule has 0 bridgehead atoms. The molecule has 6 heteroatoms. The van der Waals surface area contributed by atoms with E-state index in [-0.39, 0.29) is 17.6 Å². The molecule has 0 aliphatic heterocycles. The average Bonchev–Trinajstić information content (AvgIpc) is 2.56. The molecule has 1 N–H and O–H groups in total. The van der Waals surface area contributed by atoms with E-state index in [1.807, 2.05) is 38.1 Å². The number of carbonyl (C=O) groups excluding carboxylic acids is 2. The number of carbonyl (C=O) groups is 2. The van der Waals surface area contributed by atoms with Gasteiger partial charge in [0.05, 0.1) is 20.0 Å². The molecule has 0 fully saturated rings. The maximum absolute atomic E-state index is 12.0. The molecule has 2 atom stereocenters. The Morgan fingerprint density at radius 1 is 1.23 bits per heavy atom. The molecule has 5 nitrogen and oxygen atoms in total. The van der Waals surface area contributed by atoms with Gasteiger partial charge in [0.2, 0.25) is 5.91 Å². The number of rotatable bonds is 8. The first-order valence-corrected chi connectivity index (χ1v) is 8.14. The number of nitrogens with one attached hydrogen (secondary N) is 1. The van der Waals surface area contributed by atoms with Crippen LogP contribution in [0.3, 0.4) is 0 Å².